The maximum absolute atomic E-state index is 10.7. The molecule has 1 amide bonds. The van der Waals surface area contributed by atoms with Crippen molar-refractivity contribution in [3.63, 3.8) is 0 Å². The standard InChI is InChI=1S/C11H24N4O/c1-2-15-5-3-9(4-6-15)7-14-8-10(12)11(13)16/h9-10,14H,2-8,12H2,1H3,(H2,13,16). The molecule has 1 aliphatic heterocycles. The van der Waals surface area contributed by atoms with Crippen LogP contribution in [-0.4, -0.2) is 49.6 Å². The van der Waals surface area contributed by atoms with Gasteiger partial charge in [0, 0.05) is 6.54 Å². The molecule has 1 atom stereocenters. The first-order valence-corrected chi connectivity index (χ1v) is 6.11. The van der Waals surface area contributed by atoms with Crippen LogP contribution in [0.4, 0.5) is 0 Å². The summed E-state index contributed by atoms with van der Waals surface area (Å²) in [6, 6.07) is -0.560. The fourth-order valence-electron chi connectivity index (χ4n) is 2.05. The van der Waals surface area contributed by atoms with Gasteiger partial charge in [-0.1, -0.05) is 6.92 Å². The third-order valence-corrected chi connectivity index (χ3v) is 3.32. The van der Waals surface area contributed by atoms with Crippen molar-refractivity contribution < 1.29 is 4.79 Å². The fourth-order valence-corrected chi connectivity index (χ4v) is 2.05. The van der Waals surface area contributed by atoms with Gasteiger partial charge in [-0.05, 0) is 44.9 Å². The maximum Gasteiger partial charge on any atom is 0.235 e. The highest BCUT2D eigenvalue weighted by Crippen LogP contribution is 2.15. The largest absolute Gasteiger partial charge is 0.368 e. The number of carbonyl (C=O) groups excluding carboxylic acids is 1. The van der Waals surface area contributed by atoms with Crippen LogP contribution in [0.1, 0.15) is 19.8 Å². The smallest absolute Gasteiger partial charge is 0.235 e. The quantitative estimate of drug-likeness (QED) is 0.551. The second kappa shape index (κ2) is 6.83. The number of nitrogens with two attached hydrogens (primary N) is 2. The molecule has 0 aromatic rings. The van der Waals surface area contributed by atoms with Crippen molar-refractivity contribution in [1.29, 1.82) is 0 Å². The Morgan fingerprint density at radius 1 is 1.50 bits per heavy atom. The third kappa shape index (κ3) is 4.47. The van der Waals surface area contributed by atoms with Crippen molar-refractivity contribution in [3.8, 4) is 0 Å². The molecule has 0 bridgehead atoms. The Labute approximate surface area is 97.5 Å². The summed E-state index contributed by atoms with van der Waals surface area (Å²) in [6.07, 6.45) is 2.46. The Morgan fingerprint density at radius 2 is 2.12 bits per heavy atom. The number of carbonyl (C=O) groups is 1. The van der Waals surface area contributed by atoms with Gasteiger partial charge < -0.3 is 21.7 Å². The Balaban J connectivity index is 2.08. The lowest BCUT2D eigenvalue weighted by molar-refractivity contribution is -0.119. The first-order chi connectivity index (χ1) is 7.63. The molecule has 0 aliphatic carbocycles. The lowest BCUT2D eigenvalue weighted by atomic mass is 9.97. The van der Waals surface area contributed by atoms with Gasteiger partial charge in [0.25, 0.3) is 0 Å². The summed E-state index contributed by atoms with van der Waals surface area (Å²) in [6.45, 7) is 7.15. The Bertz CT molecular complexity index is 214. The molecular weight excluding hydrogens is 204 g/mol. The van der Waals surface area contributed by atoms with E-state index >= 15 is 0 Å². The number of piperidine rings is 1. The second-order valence-electron chi connectivity index (χ2n) is 4.54. The van der Waals surface area contributed by atoms with E-state index < -0.39 is 11.9 Å². The molecule has 16 heavy (non-hydrogen) atoms. The fraction of sp³-hybridized carbons (Fsp3) is 0.909. The van der Waals surface area contributed by atoms with Gasteiger partial charge in [-0.2, -0.15) is 0 Å². The van der Waals surface area contributed by atoms with E-state index in [1.54, 1.807) is 0 Å². The number of primary amides is 1. The molecule has 0 saturated carbocycles. The summed E-state index contributed by atoms with van der Waals surface area (Å²) in [5, 5.41) is 3.22. The van der Waals surface area contributed by atoms with Crippen molar-refractivity contribution in [1.82, 2.24) is 10.2 Å². The predicted molar refractivity (Wildman–Crippen MR) is 64.9 cm³/mol. The zero-order valence-electron chi connectivity index (χ0n) is 10.1. The molecule has 1 unspecified atom stereocenters. The normalized spacial score (nSPS) is 20.9. The Morgan fingerprint density at radius 3 is 2.62 bits per heavy atom. The minimum absolute atomic E-state index is 0.437. The summed E-state index contributed by atoms with van der Waals surface area (Å²) in [5.41, 5.74) is 10.6. The SMILES string of the molecule is CCN1CCC(CNCC(N)C(N)=O)CC1. The van der Waals surface area contributed by atoms with Crippen molar-refractivity contribution in [2.45, 2.75) is 25.8 Å². The molecule has 94 valence electrons. The van der Waals surface area contributed by atoms with Crippen LogP contribution in [0, 0.1) is 5.92 Å². The summed E-state index contributed by atoms with van der Waals surface area (Å²) in [4.78, 5) is 13.2. The minimum atomic E-state index is -0.560. The van der Waals surface area contributed by atoms with E-state index in [2.05, 4.69) is 17.1 Å². The van der Waals surface area contributed by atoms with Crippen LogP contribution in [0.15, 0.2) is 0 Å². The zero-order valence-corrected chi connectivity index (χ0v) is 10.1. The van der Waals surface area contributed by atoms with Gasteiger partial charge in [0.2, 0.25) is 5.91 Å². The van der Waals surface area contributed by atoms with Gasteiger partial charge in [-0.3, -0.25) is 4.79 Å². The molecule has 0 aromatic heterocycles. The molecule has 0 aromatic carbocycles. The lowest BCUT2D eigenvalue weighted by Gasteiger charge is -2.31. The van der Waals surface area contributed by atoms with Crippen LogP contribution < -0.4 is 16.8 Å². The van der Waals surface area contributed by atoms with E-state index in [0.29, 0.717) is 12.5 Å². The van der Waals surface area contributed by atoms with E-state index in [-0.39, 0.29) is 0 Å². The van der Waals surface area contributed by atoms with Crippen molar-refractivity contribution >= 4 is 5.91 Å². The van der Waals surface area contributed by atoms with Crippen LogP contribution in [-0.2, 0) is 4.79 Å². The molecule has 5 heteroatoms. The molecule has 5 nitrogen and oxygen atoms in total. The Hall–Kier alpha value is -0.650. The highest BCUT2D eigenvalue weighted by Gasteiger charge is 2.18. The highest BCUT2D eigenvalue weighted by atomic mass is 16.1. The summed E-state index contributed by atoms with van der Waals surface area (Å²) in [7, 11) is 0. The monoisotopic (exact) mass is 228 g/mol. The van der Waals surface area contributed by atoms with Crippen LogP contribution in [0.5, 0.6) is 0 Å². The van der Waals surface area contributed by atoms with Crippen molar-refractivity contribution in [3.05, 3.63) is 0 Å². The number of hydrogen-bond donors (Lipinski definition) is 3. The third-order valence-electron chi connectivity index (χ3n) is 3.32. The van der Waals surface area contributed by atoms with Crippen LogP contribution >= 0.6 is 0 Å². The summed E-state index contributed by atoms with van der Waals surface area (Å²) >= 11 is 0. The van der Waals surface area contributed by atoms with Gasteiger partial charge in [-0.15, -0.1) is 0 Å². The highest BCUT2D eigenvalue weighted by molar-refractivity contribution is 5.79. The number of hydrogen-bond acceptors (Lipinski definition) is 4. The molecule has 0 spiro atoms. The maximum atomic E-state index is 10.7. The molecule has 5 N–H and O–H groups in total. The summed E-state index contributed by atoms with van der Waals surface area (Å²) < 4.78 is 0. The topological polar surface area (TPSA) is 84.4 Å². The van der Waals surface area contributed by atoms with E-state index in [4.69, 9.17) is 11.5 Å². The molecular formula is C11H24N4O. The average molecular weight is 228 g/mol. The van der Waals surface area contributed by atoms with Gasteiger partial charge in [0.1, 0.15) is 0 Å². The van der Waals surface area contributed by atoms with E-state index in [1.165, 1.54) is 25.9 Å². The van der Waals surface area contributed by atoms with Gasteiger partial charge >= 0.3 is 0 Å². The first-order valence-electron chi connectivity index (χ1n) is 6.11. The number of rotatable bonds is 6. The van der Waals surface area contributed by atoms with Crippen molar-refractivity contribution in [2.75, 3.05) is 32.7 Å². The molecule has 1 aliphatic rings. The number of likely N-dealkylation sites (tertiary alicyclic amines) is 1. The van der Waals surface area contributed by atoms with Crippen molar-refractivity contribution in [2.24, 2.45) is 17.4 Å². The van der Waals surface area contributed by atoms with Gasteiger partial charge in [0.15, 0.2) is 0 Å². The molecule has 1 fully saturated rings. The van der Waals surface area contributed by atoms with E-state index in [0.717, 1.165) is 13.1 Å². The summed E-state index contributed by atoms with van der Waals surface area (Å²) in [5.74, 6) is 0.274. The van der Waals surface area contributed by atoms with Crippen LogP contribution in [0.3, 0.4) is 0 Å². The molecule has 0 radical (unpaired) electrons. The molecule has 1 saturated heterocycles. The van der Waals surface area contributed by atoms with Crippen LogP contribution in [0.25, 0.3) is 0 Å². The number of nitrogens with zero attached hydrogens (tertiary/aromatic N) is 1. The first kappa shape index (κ1) is 13.4. The second-order valence-corrected chi connectivity index (χ2v) is 4.54. The minimum Gasteiger partial charge on any atom is -0.368 e. The average Bonchev–Trinajstić information content (AvgIpc) is 2.29. The lowest BCUT2D eigenvalue weighted by Crippen LogP contribution is -2.46. The van der Waals surface area contributed by atoms with E-state index in [9.17, 15) is 4.79 Å². The zero-order chi connectivity index (χ0) is 12.0. The predicted octanol–water partition coefficient (Wildman–Crippen LogP) is -0.879. The van der Waals surface area contributed by atoms with Gasteiger partial charge in [-0.25, -0.2) is 0 Å². The van der Waals surface area contributed by atoms with Crippen LogP contribution in [0.2, 0.25) is 0 Å². The molecule has 1 rings (SSSR count). The Kier molecular flexibility index (Phi) is 5.73. The number of amides is 1. The molecule has 1 heterocycles. The van der Waals surface area contributed by atoms with Gasteiger partial charge in [0.05, 0.1) is 6.04 Å². The number of nitrogens with one attached hydrogen (secondary N) is 1. The van der Waals surface area contributed by atoms with E-state index in [1.807, 2.05) is 0 Å².